The van der Waals surface area contributed by atoms with Gasteiger partial charge in [-0.15, -0.1) is 0 Å². The minimum absolute atomic E-state index is 0.0568. The Kier molecular flexibility index (Phi) is 27.9. The van der Waals surface area contributed by atoms with Crippen molar-refractivity contribution in [1.82, 2.24) is 53.2 Å². The summed E-state index contributed by atoms with van der Waals surface area (Å²) in [6, 6.07) is 2.84. The van der Waals surface area contributed by atoms with Crippen molar-refractivity contribution in [3.63, 3.8) is 0 Å². The topological polar surface area (TPSA) is 436 Å². The van der Waals surface area contributed by atoms with Crippen LogP contribution < -0.4 is 76.1 Å². The number of aliphatic hydroxyl groups excluding tert-OH is 2. The molecule has 1 aliphatic rings. The molecule has 0 aromatic heterocycles. The lowest BCUT2D eigenvalue weighted by Crippen LogP contribution is -2.61. The molecule has 1 saturated heterocycles. The Hall–Kier alpha value is -7.10. The molecule has 0 saturated carbocycles. The highest BCUT2D eigenvalue weighted by atomic mass is 16.3. The number of hydrogen-bond acceptors (Lipinski definition) is 16. The maximum absolute atomic E-state index is 14.4. The highest BCUT2D eigenvalue weighted by molar-refractivity contribution is 6.00. The third-order valence-corrected chi connectivity index (χ3v) is 12.8. The summed E-state index contributed by atoms with van der Waals surface area (Å²) in [5.74, 6) is -9.22. The summed E-state index contributed by atoms with van der Waals surface area (Å²) in [5, 5.41) is 47.0. The van der Waals surface area contributed by atoms with E-state index >= 15 is 0 Å². The summed E-state index contributed by atoms with van der Waals surface area (Å²) >= 11 is 0. The first-order valence-electron chi connectivity index (χ1n) is 26.8. The summed E-state index contributed by atoms with van der Waals surface area (Å²) in [5.41, 5.74) is 25.3. The van der Waals surface area contributed by atoms with Crippen molar-refractivity contribution < 1.29 is 58.2 Å². The number of carbonyl (C=O) groups excluding carboxylic acids is 10. The molecule has 10 amide bonds. The fourth-order valence-corrected chi connectivity index (χ4v) is 8.50. The van der Waals surface area contributed by atoms with E-state index in [1.165, 1.54) is 13.8 Å². The molecule has 1 aliphatic heterocycles. The Balaban J connectivity index is 2.04. The number of benzene rings is 2. The molecule has 26 nitrogen and oxygen atoms in total. The molecule has 0 bridgehead atoms. The largest absolute Gasteiger partial charge is 0.391 e. The number of nitrogens with one attached hydrogen (secondary N) is 10. The zero-order valence-electron chi connectivity index (χ0n) is 46.0. The molecule has 3 rings (SSSR count). The minimum atomic E-state index is -1.66. The normalized spacial score (nSPS) is 23.0. The maximum Gasteiger partial charge on any atom is 0.252 e. The summed E-state index contributed by atoms with van der Waals surface area (Å²) in [6.07, 6.45) is -3.99. The van der Waals surface area contributed by atoms with Crippen LogP contribution >= 0.6 is 0 Å². The molecule has 1 heterocycles. The lowest BCUT2D eigenvalue weighted by atomic mass is 9.99. The summed E-state index contributed by atoms with van der Waals surface area (Å²) in [6.45, 7) is 8.63. The van der Waals surface area contributed by atoms with E-state index in [1.54, 1.807) is 52.0 Å². The molecule has 0 spiro atoms. The molecule has 26 heteroatoms. The van der Waals surface area contributed by atoms with Crippen molar-refractivity contribution in [1.29, 1.82) is 0 Å². The van der Waals surface area contributed by atoms with Crippen LogP contribution in [0.1, 0.15) is 96.8 Å². The van der Waals surface area contributed by atoms with E-state index in [-0.39, 0.29) is 82.1 Å². The van der Waals surface area contributed by atoms with E-state index in [2.05, 4.69) is 53.2 Å². The molecule has 2 aromatic rings. The summed E-state index contributed by atoms with van der Waals surface area (Å²) < 4.78 is 0. The van der Waals surface area contributed by atoms with E-state index in [1.807, 2.05) is 30.3 Å². The van der Waals surface area contributed by atoms with Crippen LogP contribution in [0, 0.1) is 11.8 Å². The van der Waals surface area contributed by atoms with Crippen molar-refractivity contribution in [2.24, 2.45) is 34.8 Å². The van der Waals surface area contributed by atoms with Crippen molar-refractivity contribution in [2.45, 2.75) is 153 Å². The average molecular weight is 1110 g/mol. The molecular formula is C53H84N14O12. The zero-order chi connectivity index (χ0) is 58.9. The van der Waals surface area contributed by atoms with Crippen LogP contribution in [0.2, 0.25) is 0 Å². The van der Waals surface area contributed by atoms with Gasteiger partial charge in [-0.3, -0.25) is 47.9 Å². The van der Waals surface area contributed by atoms with Crippen molar-refractivity contribution in [2.75, 3.05) is 32.7 Å². The molecule has 20 N–H and O–H groups in total. The quantitative estimate of drug-likeness (QED) is 0.0568. The fourth-order valence-electron chi connectivity index (χ4n) is 8.50. The summed E-state index contributed by atoms with van der Waals surface area (Å²) in [4.78, 5) is 139. The highest BCUT2D eigenvalue weighted by Gasteiger charge is 2.37. The second kappa shape index (κ2) is 33.4. The van der Waals surface area contributed by atoms with Gasteiger partial charge in [-0.1, -0.05) is 70.2 Å². The van der Waals surface area contributed by atoms with Crippen LogP contribution in [-0.4, -0.2) is 169 Å². The zero-order valence-corrected chi connectivity index (χ0v) is 46.0. The van der Waals surface area contributed by atoms with E-state index in [0.29, 0.717) is 0 Å². The Morgan fingerprint density at radius 2 is 0.987 bits per heavy atom. The smallest absolute Gasteiger partial charge is 0.252 e. The monoisotopic (exact) mass is 1110 g/mol. The van der Waals surface area contributed by atoms with E-state index in [0.717, 1.165) is 11.1 Å². The first-order chi connectivity index (χ1) is 37.4. The predicted molar refractivity (Wildman–Crippen MR) is 293 cm³/mol. The predicted octanol–water partition coefficient (Wildman–Crippen LogP) is -3.90. The van der Waals surface area contributed by atoms with Crippen molar-refractivity contribution in [3.05, 3.63) is 60.2 Å². The van der Waals surface area contributed by atoms with Gasteiger partial charge in [0.1, 0.15) is 54.4 Å². The average Bonchev–Trinajstić information content (AvgIpc) is 3.40. The molecule has 0 aliphatic carbocycles. The fraction of sp³-hybridized carbons (Fsp3) is 0.585. The van der Waals surface area contributed by atoms with E-state index in [9.17, 15) is 58.2 Å². The van der Waals surface area contributed by atoms with Crippen molar-refractivity contribution >= 4 is 59.1 Å². The Morgan fingerprint density at radius 3 is 1.43 bits per heavy atom. The number of carbonyl (C=O) groups is 10. The third kappa shape index (κ3) is 21.6. The van der Waals surface area contributed by atoms with Gasteiger partial charge >= 0.3 is 0 Å². The van der Waals surface area contributed by atoms with Gasteiger partial charge in [0.2, 0.25) is 53.2 Å². The summed E-state index contributed by atoms with van der Waals surface area (Å²) in [7, 11) is 0. The van der Waals surface area contributed by atoms with Gasteiger partial charge in [0, 0.05) is 12.1 Å². The standard InChI is InChI=1S/C53H84N14O12/c1-28(2)26-40-50(76)61-35(16-21-54)45(71)60-38(19-24-57)49(75)67-42(30(5)68)52(78)58-25-20-39(48(74)59-36(17-22-55)47(73)64-41(27-29(3)4)51(77)65-40)62-46(72)37(18-23-56)63-53(79)43(31(6)69)66-44(70)34-14-12-33(13-15-34)32-10-8-7-9-11-32/h7-15,28-31,35-43,68-69H,16-27,54-57H2,1-6H3,(H,58,78)(H,59,74)(H,60,71)(H,61,76)(H,62,72)(H,63,79)(H,64,73)(H,65,77)(H,66,70)(H,67,75)/t30-,31-,35?,36+,37+,38+,39?,40?,41?,42+,43+/m1/s1. The molecule has 4 unspecified atom stereocenters. The molecule has 2 aromatic carbocycles. The highest BCUT2D eigenvalue weighted by Crippen LogP contribution is 2.20. The van der Waals surface area contributed by atoms with Gasteiger partial charge < -0.3 is 86.3 Å². The molecule has 1 fully saturated rings. The Labute approximate surface area is 461 Å². The van der Waals surface area contributed by atoms with Crippen LogP contribution in [0.5, 0.6) is 0 Å². The van der Waals surface area contributed by atoms with Gasteiger partial charge in [0.05, 0.1) is 12.2 Å². The second-order valence-electron chi connectivity index (χ2n) is 20.4. The van der Waals surface area contributed by atoms with E-state index in [4.69, 9.17) is 22.9 Å². The van der Waals surface area contributed by atoms with Crippen LogP contribution in [0.3, 0.4) is 0 Å². The Morgan fingerprint density at radius 1 is 0.544 bits per heavy atom. The molecule has 11 atom stereocenters. The number of nitrogens with two attached hydrogens (primary N) is 4. The van der Waals surface area contributed by atoms with Crippen LogP contribution in [0.15, 0.2) is 54.6 Å². The molecule has 438 valence electrons. The van der Waals surface area contributed by atoms with Gasteiger partial charge in [0.25, 0.3) is 5.91 Å². The molecular weight excluding hydrogens is 1020 g/mol. The van der Waals surface area contributed by atoms with Gasteiger partial charge in [-0.25, -0.2) is 0 Å². The van der Waals surface area contributed by atoms with Crippen LogP contribution in [0.4, 0.5) is 0 Å². The van der Waals surface area contributed by atoms with Gasteiger partial charge in [-0.05, 0) is 120 Å². The minimum Gasteiger partial charge on any atom is -0.391 e. The van der Waals surface area contributed by atoms with Gasteiger partial charge in [0.15, 0.2) is 0 Å². The molecule has 79 heavy (non-hydrogen) atoms. The first-order valence-corrected chi connectivity index (χ1v) is 26.8. The third-order valence-electron chi connectivity index (χ3n) is 12.8. The van der Waals surface area contributed by atoms with Gasteiger partial charge in [-0.2, -0.15) is 0 Å². The number of hydrogen-bond donors (Lipinski definition) is 16. The number of aliphatic hydroxyl groups is 2. The Bertz CT molecular complexity index is 2360. The second-order valence-corrected chi connectivity index (χ2v) is 20.4. The molecule has 0 radical (unpaired) electrons. The van der Waals surface area contributed by atoms with Crippen LogP contribution in [0.25, 0.3) is 11.1 Å². The van der Waals surface area contributed by atoms with E-state index < -0.39 is 139 Å². The van der Waals surface area contributed by atoms with Crippen molar-refractivity contribution in [3.8, 4) is 11.1 Å². The first kappa shape index (κ1) is 66.2. The lowest BCUT2D eigenvalue weighted by Gasteiger charge is -2.29. The maximum atomic E-state index is 14.4. The SMILES string of the molecule is CC(C)CC1NC(=O)C(CC(C)C)NC(=O)[C@H](CCN)NC(=O)C(NC(=O)[C@H](CCN)NC(=O)[C@@H](NC(=O)c2ccc(-c3ccccc3)cc2)[C@@H](C)O)CCNC(=O)[C@H]([C@@H](C)O)NC(=O)[C@H](CCN)NC(=O)C(CCN)NC1=O. The number of rotatable bonds is 21. The van der Waals surface area contributed by atoms with Crippen LogP contribution in [-0.2, 0) is 43.2 Å². The lowest BCUT2D eigenvalue weighted by molar-refractivity contribution is -0.136. The number of amides is 10.